The number of amides is 2. The zero-order chi connectivity index (χ0) is 22.2. The Morgan fingerprint density at radius 3 is 2.35 bits per heavy atom. The molecule has 5 nitrogen and oxygen atoms in total. The first-order valence-electron chi connectivity index (χ1n) is 10.7. The molecule has 2 amide bonds. The molecule has 0 spiro atoms. The Morgan fingerprint density at radius 1 is 1.13 bits per heavy atom. The zero-order valence-corrected chi connectivity index (χ0v) is 17.8. The van der Waals surface area contributed by atoms with Crippen molar-refractivity contribution in [3.05, 3.63) is 76.6 Å². The summed E-state index contributed by atoms with van der Waals surface area (Å²) in [5, 5.41) is 14.3. The van der Waals surface area contributed by atoms with Gasteiger partial charge in [-0.05, 0) is 56.5 Å². The van der Waals surface area contributed by atoms with E-state index in [1.807, 2.05) is 19.1 Å². The van der Waals surface area contributed by atoms with Gasteiger partial charge in [-0.25, -0.2) is 4.39 Å². The molecule has 1 saturated carbocycles. The van der Waals surface area contributed by atoms with E-state index in [2.05, 4.69) is 5.32 Å². The van der Waals surface area contributed by atoms with Crippen molar-refractivity contribution in [2.24, 2.45) is 0 Å². The third-order valence-corrected chi connectivity index (χ3v) is 6.28. The maximum absolute atomic E-state index is 13.5. The van der Waals surface area contributed by atoms with Crippen LogP contribution in [0.1, 0.15) is 54.1 Å². The van der Waals surface area contributed by atoms with E-state index in [4.69, 9.17) is 0 Å². The Bertz CT molecular complexity index is 1020. The molecule has 1 fully saturated rings. The molecular weight excluding hydrogens is 395 g/mol. The molecule has 2 aliphatic rings. The van der Waals surface area contributed by atoms with Crippen LogP contribution in [0.4, 0.5) is 4.39 Å². The Kier molecular flexibility index (Phi) is 5.67. The number of hydrogen-bond acceptors (Lipinski definition) is 3. The molecule has 6 heteroatoms. The molecule has 2 N–H and O–H groups in total. The Labute approximate surface area is 181 Å². The summed E-state index contributed by atoms with van der Waals surface area (Å²) in [6, 6.07) is 12.9. The first-order valence-corrected chi connectivity index (χ1v) is 10.7. The standard InChI is InChI=1S/C25H27FN2O3/c1-16-7-9-18(10-8-16)23(29)27-15-21-22(17-11-13-19(26)14-12-17)25(2,31)28(24(21)30)20-5-3-4-6-20/h7-14,20,31H,3-6,15H2,1-2H3,(H,27,29). The first-order chi connectivity index (χ1) is 14.8. The van der Waals surface area contributed by atoms with Crippen molar-refractivity contribution in [2.75, 3.05) is 6.54 Å². The largest absolute Gasteiger partial charge is 0.367 e. The fourth-order valence-corrected chi connectivity index (χ4v) is 4.74. The smallest absolute Gasteiger partial charge is 0.254 e. The van der Waals surface area contributed by atoms with Crippen molar-refractivity contribution >= 4 is 17.4 Å². The third-order valence-electron chi connectivity index (χ3n) is 6.28. The minimum absolute atomic E-state index is 0.0162. The van der Waals surface area contributed by atoms with Gasteiger partial charge in [-0.15, -0.1) is 0 Å². The van der Waals surface area contributed by atoms with E-state index < -0.39 is 11.5 Å². The number of aliphatic hydroxyl groups is 1. The summed E-state index contributed by atoms with van der Waals surface area (Å²) in [5.41, 5.74) is 1.34. The van der Waals surface area contributed by atoms with Gasteiger partial charge in [-0.2, -0.15) is 0 Å². The van der Waals surface area contributed by atoms with E-state index in [1.165, 1.54) is 12.1 Å². The summed E-state index contributed by atoms with van der Waals surface area (Å²) in [7, 11) is 0. The van der Waals surface area contributed by atoms with Crippen LogP contribution in [0.25, 0.3) is 5.57 Å². The summed E-state index contributed by atoms with van der Waals surface area (Å²) in [4.78, 5) is 27.6. The van der Waals surface area contributed by atoms with Crippen molar-refractivity contribution in [3.63, 3.8) is 0 Å². The van der Waals surface area contributed by atoms with Crippen LogP contribution in [0, 0.1) is 12.7 Å². The summed E-state index contributed by atoms with van der Waals surface area (Å²) < 4.78 is 13.5. The number of aryl methyl sites for hydroxylation is 1. The molecule has 1 aliphatic heterocycles. The van der Waals surface area contributed by atoms with Gasteiger partial charge in [0, 0.05) is 29.3 Å². The van der Waals surface area contributed by atoms with Crippen molar-refractivity contribution in [2.45, 2.75) is 51.3 Å². The lowest BCUT2D eigenvalue weighted by Gasteiger charge is -2.37. The van der Waals surface area contributed by atoms with Gasteiger partial charge in [0.1, 0.15) is 5.82 Å². The molecular formula is C25H27FN2O3. The second kappa shape index (κ2) is 8.27. The number of hydrogen-bond donors (Lipinski definition) is 2. The third kappa shape index (κ3) is 4.00. The molecule has 31 heavy (non-hydrogen) atoms. The van der Waals surface area contributed by atoms with Crippen LogP contribution in [0.15, 0.2) is 54.1 Å². The minimum Gasteiger partial charge on any atom is -0.367 e. The maximum Gasteiger partial charge on any atom is 0.254 e. The van der Waals surface area contributed by atoms with Crippen LogP contribution in [0.3, 0.4) is 0 Å². The van der Waals surface area contributed by atoms with Gasteiger partial charge in [0.2, 0.25) is 0 Å². The molecule has 2 aromatic carbocycles. The fraction of sp³-hybridized carbons (Fsp3) is 0.360. The van der Waals surface area contributed by atoms with Gasteiger partial charge < -0.3 is 15.3 Å². The van der Waals surface area contributed by atoms with Crippen LogP contribution >= 0.6 is 0 Å². The lowest BCUT2D eigenvalue weighted by molar-refractivity contribution is -0.144. The molecule has 0 radical (unpaired) electrons. The first kappa shape index (κ1) is 21.2. The van der Waals surface area contributed by atoms with Crippen LogP contribution in [0.5, 0.6) is 0 Å². The maximum atomic E-state index is 13.5. The number of benzene rings is 2. The molecule has 0 aromatic heterocycles. The molecule has 1 atom stereocenters. The molecule has 162 valence electrons. The summed E-state index contributed by atoms with van der Waals surface area (Å²) >= 11 is 0. The number of halogens is 1. The van der Waals surface area contributed by atoms with Gasteiger partial charge in [-0.1, -0.05) is 42.7 Å². The topological polar surface area (TPSA) is 69.6 Å². The van der Waals surface area contributed by atoms with E-state index in [0.29, 0.717) is 22.3 Å². The van der Waals surface area contributed by atoms with Crippen molar-refractivity contribution in [1.82, 2.24) is 10.2 Å². The average Bonchev–Trinajstić information content (AvgIpc) is 3.31. The highest BCUT2D eigenvalue weighted by molar-refractivity contribution is 6.09. The van der Waals surface area contributed by atoms with Crippen LogP contribution in [0.2, 0.25) is 0 Å². The second-order valence-corrected chi connectivity index (χ2v) is 8.54. The number of carbonyl (C=O) groups is 2. The zero-order valence-electron chi connectivity index (χ0n) is 17.8. The van der Waals surface area contributed by atoms with Crippen LogP contribution < -0.4 is 5.32 Å². The Balaban J connectivity index is 1.68. The highest BCUT2D eigenvalue weighted by Gasteiger charge is 2.50. The predicted molar refractivity (Wildman–Crippen MR) is 117 cm³/mol. The van der Waals surface area contributed by atoms with Crippen molar-refractivity contribution in [3.8, 4) is 0 Å². The van der Waals surface area contributed by atoms with Gasteiger partial charge in [-0.3, -0.25) is 9.59 Å². The quantitative estimate of drug-likeness (QED) is 0.770. The lowest BCUT2D eigenvalue weighted by atomic mass is 9.94. The van der Waals surface area contributed by atoms with E-state index in [-0.39, 0.29) is 24.4 Å². The predicted octanol–water partition coefficient (Wildman–Crippen LogP) is 3.81. The molecule has 2 aromatic rings. The molecule has 0 saturated heterocycles. The second-order valence-electron chi connectivity index (χ2n) is 8.54. The average molecular weight is 423 g/mol. The van der Waals surface area contributed by atoms with E-state index in [1.54, 1.807) is 36.1 Å². The highest BCUT2D eigenvalue weighted by Crippen LogP contribution is 2.44. The normalized spacial score (nSPS) is 21.8. The van der Waals surface area contributed by atoms with Gasteiger partial charge in [0.25, 0.3) is 11.8 Å². The molecule has 1 aliphatic carbocycles. The number of rotatable bonds is 5. The molecule has 0 bridgehead atoms. The van der Waals surface area contributed by atoms with Gasteiger partial charge >= 0.3 is 0 Å². The lowest BCUT2D eigenvalue weighted by Crippen LogP contribution is -2.50. The molecule has 4 rings (SSSR count). The summed E-state index contributed by atoms with van der Waals surface area (Å²) in [6.07, 6.45) is 3.69. The van der Waals surface area contributed by atoms with Crippen LogP contribution in [-0.4, -0.2) is 40.1 Å². The highest BCUT2D eigenvalue weighted by atomic mass is 19.1. The number of nitrogens with one attached hydrogen (secondary N) is 1. The fourth-order valence-electron chi connectivity index (χ4n) is 4.74. The van der Waals surface area contributed by atoms with Crippen LogP contribution in [-0.2, 0) is 4.79 Å². The van der Waals surface area contributed by atoms with E-state index >= 15 is 0 Å². The monoisotopic (exact) mass is 422 g/mol. The molecule has 1 heterocycles. The van der Waals surface area contributed by atoms with E-state index in [0.717, 1.165) is 31.2 Å². The summed E-state index contributed by atoms with van der Waals surface area (Å²) in [6.45, 7) is 3.53. The van der Waals surface area contributed by atoms with Crippen molar-refractivity contribution < 1.29 is 19.1 Å². The minimum atomic E-state index is -1.53. The number of carbonyl (C=O) groups excluding carboxylic acids is 2. The SMILES string of the molecule is Cc1ccc(C(=O)NCC2=C(c3ccc(F)cc3)C(C)(O)N(C3CCCC3)C2=O)cc1. The Morgan fingerprint density at radius 2 is 1.74 bits per heavy atom. The van der Waals surface area contributed by atoms with Gasteiger partial charge in [0.15, 0.2) is 5.72 Å². The van der Waals surface area contributed by atoms with E-state index in [9.17, 15) is 19.1 Å². The summed E-state index contributed by atoms with van der Waals surface area (Å²) in [5.74, 6) is -0.965. The van der Waals surface area contributed by atoms with Crippen molar-refractivity contribution in [1.29, 1.82) is 0 Å². The molecule has 1 unspecified atom stereocenters. The van der Waals surface area contributed by atoms with Gasteiger partial charge in [0.05, 0.1) is 0 Å². The Hall–Kier alpha value is -2.99. The number of nitrogens with zero attached hydrogens (tertiary/aromatic N) is 1.